The quantitative estimate of drug-likeness (QED) is 0.744. The van der Waals surface area contributed by atoms with Crippen molar-refractivity contribution < 1.29 is 22.6 Å². The highest BCUT2D eigenvalue weighted by Crippen LogP contribution is 2.05. The summed E-state index contributed by atoms with van der Waals surface area (Å²) in [7, 11) is -4.68. The molecule has 118 valence electrons. The summed E-state index contributed by atoms with van der Waals surface area (Å²) in [6.45, 7) is 14.4. The smallest absolute Gasteiger partial charge is 0.147 e. The third-order valence-electron chi connectivity index (χ3n) is 1.27. The first kappa shape index (κ1) is 26.7. The SMILES string of the molecule is CC.CC.CC(=O)CC(C(C)=O)S(=O)(=O)[O-].CCC. The second-order valence-corrected chi connectivity index (χ2v) is 4.76. The summed E-state index contributed by atoms with van der Waals surface area (Å²) in [4.78, 5) is 21.0. The Morgan fingerprint density at radius 2 is 1.26 bits per heavy atom. The summed E-state index contributed by atoms with van der Waals surface area (Å²) < 4.78 is 31.1. The van der Waals surface area contributed by atoms with Gasteiger partial charge in [0.2, 0.25) is 0 Å². The van der Waals surface area contributed by atoms with E-state index in [2.05, 4.69) is 13.8 Å². The second kappa shape index (κ2) is 17.2. The summed E-state index contributed by atoms with van der Waals surface area (Å²) in [5.74, 6) is -1.28. The van der Waals surface area contributed by atoms with E-state index < -0.39 is 33.4 Å². The minimum Gasteiger partial charge on any atom is -0.747 e. The molecule has 0 radical (unpaired) electrons. The van der Waals surface area contributed by atoms with E-state index in [1.807, 2.05) is 27.7 Å². The van der Waals surface area contributed by atoms with Crippen molar-refractivity contribution in [3.05, 3.63) is 0 Å². The van der Waals surface area contributed by atoms with Crippen LogP contribution in [0.25, 0.3) is 0 Å². The largest absolute Gasteiger partial charge is 0.747 e. The summed E-state index contributed by atoms with van der Waals surface area (Å²) in [5.41, 5.74) is 0. The summed E-state index contributed by atoms with van der Waals surface area (Å²) >= 11 is 0. The molecule has 0 heterocycles. The maximum absolute atomic E-state index is 10.6. The van der Waals surface area contributed by atoms with Gasteiger partial charge in [0.05, 0.1) is 0 Å². The predicted molar refractivity (Wildman–Crippen MR) is 78.1 cm³/mol. The van der Waals surface area contributed by atoms with Gasteiger partial charge in [0.15, 0.2) is 0 Å². The summed E-state index contributed by atoms with van der Waals surface area (Å²) in [5, 5.41) is -1.71. The van der Waals surface area contributed by atoms with Crippen LogP contribution in [0.5, 0.6) is 0 Å². The highest BCUT2D eigenvalue weighted by atomic mass is 32.2. The lowest BCUT2D eigenvalue weighted by atomic mass is 10.2. The molecule has 0 amide bonds. The average Bonchev–Trinajstić information content (AvgIpc) is 2.30. The fourth-order valence-electron chi connectivity index (χ4n) is 0.710. The Balaban J connectivity index is -0.000000136. The number of hydrogen-bond acceptors (Lipinski definition) is 5. The molecule has 0 aliphatic carbocycles. The molecule has 0 spiro atoms. The van der Waals surface area contributed by atoms with Crippen LogP contribution in [0.1, 0.15) is 68.2 Å². The number of rotatable bonds is 4. The Labute approximate surface area is 118 Å². The molecule has 5 nitrogen and oxygen atoms in total. The molecule has 0 rings (SSSR count). The Morgan fingerprint density at radius 1 is 1.00 bits per heavy atom. The van der Waals surface area contributed by atoms with E-state index in [4.69, 9.17) is 0 Å². The summed E-state index contributed by atoms with van der Waals surface area (Å²) in [6.07, 6.45) is 0.723. The average molecular weight is 297 g/mol. The molecule has 0 aromatic carbocycles. The van der Waals surface area contributed by atoms with Gasteiger partial charge in [-0.3, -0.25) is 9.59 Å². The van der Waals surface area contributed by atoms with Crippen LogP contribution < -0.4 is 0 Å². The van der Waals surface area contributed by atoms with Gasteiger partial charge in [0.25, 0.3) is 0 Å². The van der Waals surface area contributed by atoms with Gasteiger partial charge in [-0.15, -0.1) is 0 Å². The van der Waals surface area contributed by atoms with Gasteiger partial charge >= 0.3 is 0 Å². The highest BCUT2D eigenvalue weighted by molar-refractivity contribution is 7.87. The first-order valence-corrected chi connectivity index (χ1v) is 8.08. The molecule has 0 aliphatic rings. The Bertz CT molecular complexity index is 307. The maximum Gasteiger partial charge on any atom is 0.147 e. The Morgan fingerprint density at radius 3 is 1.32 bits per heavy atom. The van der Waals surface area contributed by atoms with E-state index in [0.29, 0.717) is 0 Å². The van der Waals surface area contributed by atoms with Gasteiger partial charge in [0.1, 0.15) is 26.9 Å². The van der Waals surface area contributed by atoms with Gasteiger partial charge < -0.3 is 4.55 Å². The van der Waals surface area contributed by atoms with E-state index in [0.717, 1.165) is 13.8 Å². The number of hydrogen-bond donors (Lipinski definition) is 0. The van der Waals surface area contributed by atoms with Crippen LogP contribution in [-0.2, 0) is 19.7 Å². The van der Waals surface area contributed by atoms with Crippen molar-refractivity contribution in [1.29, 1.82) is 0 Å². The normalized spacial score (nSPS) is 10.4. The molecule has 0 fully saturated rings. The fraction of sp³-hybridized carbons (Fsp3) is 0.846. The second-order valence-electron chi connectivity index (χ2n) is 3.21. The van der Waals surface area contributed by atoms with Gasteiger partial charge in [-0.1, -0.05) is 48.0 Å². The van der Waals surface area contributed by atoms with E-state index in [1.165, 1.54) is 6.42 Å². The van der Waals surface area contributed by atoms with Crippen LogP contribution in [0.15, 0.2) is 0 Å². The zero-order valence-corrected chi connectivity index (χ0v) is 14.3. The lowest BCUT2D eigenvalue weighted by molar-refractivity contribution is -0.121. The zero-order valence-electron chi connectivity index (χ0n) is 13.4. The van der Waals surface area contributed by atoms with E-state index >= 15 is 0 Å². The van der Waals surface area contributed by atoms with Crippen molar-refractivity contribution in [2.24, 2.45) is 0 Å². The number of carbonyl (C=O) groups excluding carboxylic acids is 2. The van der Waals surface area contributed by atoms with Crippen molar-refractivity contribution in [2.45, 2.75) is 73.5 Å². The van der Waals surface area contributed by atoms with E-state index in [9.17, 15) is 22.6 Å². The lowest BCUT2D eigenvalue weighted by Gasteiger charge is -2.15. The molecular weight excluding hydrogens is 268 g/mol. The molecule has 0 saturated carbocycles. The van der Waals surface area contributed by atoms with Crippen molar-refractivity contribution in [2.75, 3.05) is 0 Å². The molecule has 0 aliphatic heterocycles. The highest BCUT2D eigenvalue weighted by Gasteiger charge is 2.22. The number of ketones is 2. The van der Waals surface area contributed by atoms with Crippen molar-refractivity contribution in [1.82, 2.24) is 0 Å². The number of Topliss-reactive ketones (excluding diaryl/α,β-unsaturated/α-hetero) is 2. The third-order valence-corrected chi connectivity index (χ3v) is 2.47. The molecule has 0 saturated heterocycles. The van der Waals surface area contributed by atoms with Gasteiger partial charge in [-0.2, -0.15) is 0 Å². The monoisotopic (exact) mass is 297 g/mol. The van der Waals surface area contributed by atoms with Gasteiger partial charge in [0, 0.05) is 6.42 Å². The fourth-order valence-corrected chi connectivity index (χ4v) is 1.56. The molecule has 0 N–H and O–H groups in total. The van der Waals surface area contributed by atoms with Crippen LogP contribution in [-0.4, -0.2) is 29.8 Å². The van der Waals surface area contributed by atoms with Crippen molar-refractivity contribution in [3.63, 3.8) is 0 Å². The minimum absolute atomic E-state index is 0.491. The molecule has 0 bridgehead atoms. The number of carbonyl (C=O) groups is 2. The molecular formula is C13H29O5S-. The molecule has 1 atom stereocenters. The van der Waals surface area contributed by atoms with E-state index in [1.54, 1.807) is 0 Å². The standard InChI is InChI=1S/C6H10O5S.C3H8.2C2H6/c1-4(7)3-6(5(2)8)12(9,10)11;1-3-2;2*1-2/h6H,3H2,1-2H3,(H,9,10,11);3H2,1-2H3;2*1-2H3/p-1. The van der Waals surface area contributed by atoms with Crippen LogP contribution in [0.3, 0.4) is 0 Å². The molecule has 19 heavy (non-hydrogen) atoms. The summed E-state index contributed by atoms with van der Waals surface area (Å²) in [6, 6.07) is 0. The predicted octanol–water partition coefficient (Wildman–Crippen LogP) is 2.94. The van der Waals surface area contributed by atoms with Crippen molar-refractivity contribution in [3.8, 4) is 0 Å². The first-order valence-electron chi connectivity index (χ1n) is 6.61. The van der Waals surface area contributed by atoms with Crippen molar-refractivity contribution >= 4 is 21.7 Å². The molecule has 0 aromatic heterocycles. The zero-order chi connectivity index (χ0) is 16.6. The topological polar surface area (TPSA) is 91.3 Å². The third kappa shape index (κ3) is 22.9. The van der Waals surface area contributed by atoms with Gasteiger partial charge in [-0.05, 0) is 13.8 Å². The Hall–Kier alpha value is -0.750. The Kier molecular flexibility index (Phi) is 24.3. The van der Waals surface area contributed by atoms with Gasteiger partial charge in [-0.25, -0.2) is 8.42 Å². The van der Waals surface area contributed by atoms with Crippen LogP contribution in [0.4, 0.5) is 0 Å². The molecule has 1 unspecified atom stereocenters. The minimum atomic E-state index is -4.68. The van der Waals surface area contributed by atoms with E-state index in [-0.39, 0.29) is 0 Å². The first-order chi connectivity index (χ1) is 8.66. The lowest BCUT2D eigenvalue weighted by Crippen LogP contribution is -2.30. The van der Waals surface area contributed by atoms with Crippen LogP contribution in [0.2, 0.25) is 0 Å². The van der Waals surface area contributed by atoms with Crippen LogP contribution >= 0.6 is 0 Å². The maximum atomic E-state index is 10.6. The molecule has 0 aromatic rings. The molecule has 6 heteroatoms. The van der Waals surface area contributed by atoms with Crippen LogP contribution in [0, 0.1) is 0 Å².